The van der Waals surface area contributed by atoms with E-state index in [9.17, 15) is 9.90 Å². The van der Waals surface area contributed by atoms with Crippen LogP contribution in [0.5, 0.6) is 0 Å². The Morgan fingerprint density at radius 2 is 2.33 bits per heavy atom. The van der Waals surface area contributed by atoms with Crippen molar-refractivity contribution in [1.29, 1.82) is 0 Å². The van der Waals surface area contributed by atoms with Crippen LogP contribution in [0.2, 0.25) is 0 Å². The van der Waals surface area contributed by atoms with Crippen LogP contribution in [-0.2, 0) is 6.54 Å². The third-order valence-corrected chi connectivity index (χ3v) is 4.89. The molecule has 0 radical (unpaired) electrons. The van der Waals surface area contributed by atoms with Gasteiger partial charge in [-0.3, -0.25) is 4.90 Å². The summed E-state index contributed by atoms with van der Waals surface area (Å²) in [6.07, 6.45) is 1.90. The van der Waals surface area contributed by atoms with Crippen LogP contribution in [0.4, 0.5) is 0 Å². The minimum Gasteiger partial charge on any atom is -0.476 e. The molecule has 1 saturated carbocycles. The molecule has 0 bridgehead atoms. The van der Waals surface area contributed by atoms with Crippen LogP contribution in [0, 0.1) is 11.8 Å². The maximum Gasteiger partial charge on any atom is 0.365 e. The average molecular weight is 268 g/mol. The lowest BCUT2D eigenvalue weighted by atomic mass is 10.00. The predicted molar refractivity (Wildman–Crippen MR) is 66.6 cm³/mol. The van der Waals surface area contributed by atoms with E-state index in [4.69, 9.17) is 5.11 Å². The molecular formula is C12H16N2O3S. The number of rotatable bonds is 3. The number of nitrogens with zero attached hydrogens (tertiary/aromatic N) is 2. The smallest absolute Gasteiger partial charge is 0.365 e. The molecule has 1 aromatic rings. The molecule has 2 aliphatic rings. The molecule has 1 aliphatic carbocycles. The van der Waals surface area contributed by atoms with Gasteiger partial charge in [0.25, 0.3) is 0 Å². The topological polar surface area (TPSA) is 73.7 Å². The fraction of sp³-hybridized carbons (Fsp3) is 0.667. The van der Waals surface area contributed by atoms with Crippen LogP contribution >= 0.6 is 11.3 Å². The standard InChI is InChI=1S/C12H16N2O3S/c15-10-2-1-7-3-14(5-9(7)10)4-8-6-18-11(13-8)12(16)17/h6-7,9-10,15H,1-5H2,(H,16,17). The second-order valence-corrected chi connectivity index (χ2v) is 6.07. The van der Waals surface area contributed by atoms with Crippen molar-refractivity contribution in [3.05, 3.63) is 16.1 Å². The molecule has 2 heterocycles. The molecule has 5 nitrogen and oxygen atoms in total. The maximum absolute atomic E-state index is 10.8. The first-order valence-electron chi connectivity index (χ1n) is 6.21. The highest BCUT2D eigenvalue weighted by Crippen LogP contribution is 2.38. The number of aliphatic hydroxyl groups is 1. The van der Waals surface area contributed by atoms with Crippen LogP contribution in [0.3, 0.4) is 0 Å². The van der Waals surface area contributed by atoms with E-state index >= 15 is 0 Å². The molecule has 1 aliphatic heterocycles. The second kappa shape index (κ2) is 4.60. The quantitative estimate of drug-likeness (QED) is 0.857. The highest BCUT2D eigenvalue weighted by Gasteiger charge is 2.41. The van der Waals surface area contributed by atoms with Crippen molar-refractivity contribution in [1.82, 2.24) is 9.88 Å². The average Bonchev–Trinajstić information content (AvgIpc) is 2.98. The number of hydrogen-bond donors (Lipinski definition) is 2. The number of thiazole rings is 1. The van der Waals surface area contributed by atoms with Crippen molar-refractivity contribution >= 4 is 17.3 Å². The zero-order chi connectivity index (χ0) is 12.7. The normalized spacial score (nSPS) is 31.7. The summed E-state index contributed by atoms with van der Waals surface area (Å²) < 4.78 is 0. The van der Waals surface area contributed by atoms with Crippen molar-refractivity contribution in [3.63, 3.8) is 0 Å². The number of aliphatic hydroxyl groups excluding tert-OH is 1. The monoisotopic (exact) mass is 268 g/mol. The molecule has 6 heteroatoms. The maximum atomic E-state index is 10.8. The summed E-state index contributed by atoms with van der Waals surface area (Å²) in [6.45, 7) is 2.61. The molecule has 1 saturated heterocycles. The van der Waals surface area contributed by atoms with Gasteiger partial charge in [-0.25, -0.2) is 9.78 Å². The van der Waals surface area contributed by atoms with Gasteiger partial charge in [0.2, 0.25) is 5.01 Å². The van der Waals surface area contributed by atoms with Gasteiger partial charge < -0.3 is 10.2 Å². The zero-order valence-corrected chi connectivity index (χ0v) is 10.8. The van der Waals surface area contributed by atoms with Crippen LogP contribution in [0.15, 0.2) is 5.38 Å². The molecule has 2 N–H and O–H groups in total. The van der Waals surface area contributed by atoms with Gasteiger partial charge in [0.1, 0.15) is 0 Å². The number of fused-ring (bicyclic) bond motifs is 1. The van der Waals surface area contributed by atoms with Crippen LogP contribution in [-0.4, -0.2) is 45.3 Å². The Kier molecular flexibility index (Phi) is 3.09. The first kappa shape index (κ1) is 12.1. The van der Waals surface area contributed by atoms with E-state index in [-0.39, 0.29) is 11.1 Å². The lowest BCUT2D eigenvalue weighted by molar-refractivity contribution is 0.0696. The number of aromatic carboxylic acids is 1. The molecule has 2 fully saturated rings. The zero-order valence-electron chi connectivity index (χ0n) is 9.95. The molecule has 1 aromatic heterocycles. The number of aromatic nitrogens is 1. The Bertz CT molecular complexity index is 462. The van der Waals surface area contributed by atoms with Crippen LogP contribution < -0.4 is 0 Å². The first-order valence-corrected chi connectivity index (χ1v) is 7.09. The number of carboxylic acid groups (broad SMARTS) is 1. The Hall–Kier alpha value is -0.980. The number of carbonyl (C=O) groups is 1. The fourth-order valence-electron chi connectivity index (χ4n) is 3.16. The Balaban J connectivity index is 1.62. The summed E-state index contributed by atoms with van der Waals surface area (Å²) in [7, 11) is 0. The first-order chi connectivity index (χ1) is 8.63. The van der Waals surface area contributed by atoms with E-state index in [0.29, 0.717) is 18.4 Å². The minimum absolute atomic E-state index is 0.148. The molecule has 0 aromatic carbocycles. The summed E-state index contributed by atoms with van der Waals surface area (Å²) in [5.74, 6) is 0.0557. The predicted octanol–water partition coefficient (Wildman–Crippen LogP) is 1.04. The Labute approximate surface area is 109 Å². The third-order valence-electron chi connectivity index (χ3n) is 4.01. The van der Waals surface area contributed by atoms with Gasteiger partial charge in [-0.1, -0.05) is 0 Å². The van der Waals surface area contributed by atoms with E-state index in [0.717, 1.165) is 31.6 Å². The number of likely N-dealkylation sites (tertiary alicyclic amines) is 1. The molecular weight excluding hydrogens is 252 g/mol. The highest BCUT2D eigenvalue weighted by molar-refractivity contribution is 7.11. The van der Waals surface area contributed by atoms with Crippen LogP contribution in [0.1, 0.15) is 28.3 Å². The van der Waals surface area contributed by atoms with Gasteiger partial charge in [-0.05, 0) is 18.8 Å². The van der Waals surface area contributed by atoms with Crippen molar-refractivity contribution in [2.45, 2.75) is 25.5 Å². The van der Waals surface area contributed by atoms with E-state index < -0.39 is 5.97 Å². The summed E-state index contributed by atoms with van der Waals surface area (Å²) in [5.41, 5.74) is 0.826. The van der Waals surface area contributed by atoms with Crippen molar-refractivity contribution in [2.24, 2.45) is 11.8 Å². The summed E-state index contributed by atoms with van der Waals surface area (Å²) >= 11 is 1.18. The van der Waals surface area contributed by atoms with Gasteiger partial charge in [0, 0.05) is 30.9 Å². The van der Waals surface area contributed by atoms with Gasteiger partial charge in [-0.15, -0.1) is 11.3 Å². The molecule has 0 spiro atoms. The van der Waals surface area contributed by atoms with Crippen molar-refractivity contribution < 1.29 is 15.0 Å². The molecule has 3 atom stereocenters. The van der Waals surface area contributed by atoms with Crippen LogP contribution in [0.25, 0.3) is 0 Å². The lowest BCUT2D eigenvalue weighted by Crippen LogP contribution is -2.24. The summed E-state index contributed by atoms with van der Waals surface area (Å²) in [4.78, 5) is 17.1. The lowest BCUT2D eigenvalue weighted by Gasteiger charge is -2.16. The third kappa shape index (κ3) is 2.15. The van der Waals surface area contributed by atoms with Gasteiger partial charge in [0.05, 0.1) is 11.8 Å². The number of hydrogen-bond acceptors (Lipinski definition) is 5. The SMILES string of the molecule is O=C(O)c1nc(CN2CC3CCC(O)C3C2)cs1. The van der Waals surface area contributed by atoms with Gasteiger partial charge in [0.15, 0.2) is 0 Å². The molecule has 18 heavy (non-hydrogen) atoms. The van der Waals surface area contributed by atoms with Gasteiger partial charge >= 0.3 is 5.97 Å². The van der Waals surface area contributed by atoms with E-state index in [2.05, 4.69) is 9.88 Å². The van der Waals surface area contributed by atoms with E-state index in [1.165, 1.54) is 11.3 Å². The van der Waals surface area contributed by atoms with Gasteiger partial charge in [-0.2, -0.15) is 0 Å². The molecule has 98 valence electrons. The summed E-state index contributed by atoms with van der Waals surface area (Å²) in [6, 6.07) is 0. The number of carboxylic acids is 1. The summed E-state index contributed by atoms with van der Waals surface area (Å²) in [5, 5.41) is 20.6. The fourth-order valence-corrected chi connectivity index (χ4v) is 3.81. The Morgan fingerprint density at radius 3 is 3.00 bits per heavy atom. The van der Waals surface area contributed by atoms with Crippen molar-refractivity contribution in [3.8, 4) is 0 Å². The molecule has 0 amide bonds. The van der Waals surface area contributed by atoms with E-state index in [1.54, 1.807) is 0 Å². The highest BCUT2D eigenvalue weighted by atomic mass is 32.1. The second-order valence-electron chi connectivity index (χ2n) is 5.21. The minimum atomic E-state index is -0.958. The Morgan fingerprint density at radius 1 is 1.50 bits per heavy atom. The van der Waals surface area contributed by atoms with E-state index in [1.807, 2.05) is 5.38 Å². The molecule has 3 unspecified atom stereocenters. The molecule has 3 rings (SSSR count). The largest absolute Gasteiger partial charge is 0.476 e. The van der Waals surface area contributed by atoms with Crippen molar-refractivity contribution in [2.75, 3.05) is 13.1 Å².